The fraction of sp³-hybridized carbons (Fsp3) is 0.700. The standard InChI is InChI=1S/C10H16O2/c1-7(2)12-10(11)9-5-4-8(3)6-9/h4-5,7-9H,6H2,1-3H3/t8-,9+/m0/s1. The lowest BCUT2D eigenvalue weighted by Gasteiger charge is -2.11. The van der Waals surface area contributed by atoms with E-state index in [4.69, 9.17) is 4.74 Å². The molecule has 2 nitrogen and oxygen atoms in total. The number of esters is 1. The molecule has 2 atom stereocenters. The monoisotopic (exact) mass is 168 g/mol. The van der Waals surface area contributed by atoms with Crippen LogP contribution < -0.4 is 0 Å². The number of allylic oxidation sites excluding steroid dienone is 1. The number of ether oxygens (including phenoxy) is 1. The summed E-state index contributed by atoms with van der Waals surface area (Å²) in [4.78, 5) is 11.3. The molecule has 0 aliphatic heterocycles. The number of hydrogen-bond donors (Lipinski definition) is 0. The van der Waals surface area contributed by atoms with Crippen LogP contribution in [0.1, 0.15) is 27.2 Å². The molecule has 0 heterocycles. The smallest absolute Gasteiger partial charge is 0.313 e. The summed E-state index contributed by atoms with van der Waals surface area (Å²) >= 11 is 0. The van der Waals surface area contributed by atoms with Gasteiger partial charge in [-0.2, -0.15) is 0 Å². The second kappa shape index (κ2) is 3.74. The van der Waals surface area contributed by atoms with E-state index in [1.165, 1.54) is 0 Å². The average molecular weight is 168 g/mol. The van der Waals surface area contributed by atoms with Crippen molar-refractivity contribution in [3.63, 3.8) is 0 Å². The zero-order valence-corrected chi connectivity index (χ0v) is 7.91. The summed E-state index contributed by atoms with van der Waals surface area (Å²) in [6.45, 7) is 5.86. The molecule has 0 unspecified atom stereocenters. The van der Waals surface area contributed by atoms with Crippen molar-refractivity contribution < 1.29 is 9.53 Å². The molecule has 0 aromatic heterocycles. The molecule has 0 N–H and O–H groups in total. The quantitative estimate of drug-likeness (QED) is 0.466. The van der Waals surface area contributed by atoms with Gasteiger partial charge in [-0.3, -0.25) is 4.79 Å². The molecular weight excluding hydrogens is 152 g/mol. The minimum Gasteiger partial charge on any atom is -0.463 e. The second-order valence-corrected chi connectivity index (χ2v) is 3.69. The third-order valence-corrected chi connectivity index (χ3v) is 1.95. The Kier molecular flexibility index (Phi) is 2.90. The Hall–Kier alpha value is -0.790. The van der Waals surface area contributed by atoms with E-state index in [0.29, 0.717) is 5.92 Å². The highest BCUT2D eigenvalue weighted by Crippen LogP contribution is 2.24. The molecule has 0 radical (unpaired) electrons. The second-order valence-electron chi connectivity index (χ2n) is 3.69. The van der Waals surface area contributed by atoms with Gasteiger partial charge in [0, 0.05) is 0 Å². The first-order valence-corrected chi connectivity index (χ1v) is 4.48. The molecule has 0 spiro atoms. The van der Waals surface area contributed by atoms with Gasteiger partial charge < -0.3 is 4.74 Å². The Morgan fingerprint density at radius 2 is 2.17 bits per heavy atom. The van der Waals surface area contributed by atoms with Crippen molar-refractivity contribution >= 4 is 5.97 Å². The van der Waals surface area contributed by atoms with E-state index in [1.807, 2.05) is 19.9 Å². The van der Waals surface area contributed by atoms with E-state index >= 15 is 0 Å². The van der Waals surface area contributed by atoms with Gasteiger partial charge >= 0.3 is 5.97 Å². The molecule has 1 aliphatic carbocycles. The average Bonchev–Trinajstić information content (AvgIpc) is 2.34. The van der Waals surface area contributed by atoms with Gasteiger partial charge in [-0.15, -0.1) is 0 Å². The van der Waals surface area contributed by atoms with Gasteiger partial charge in [-0.25, -0.2) is 0 Å². The Balaban J connectivity index is 2.39. The molecule has 0 aromatic rings. The SMILES string of the molecule is CC(C)OC(=O)[C@@H]1C=C[C@H](C)C1. The fourth-order valence-electron chi connectivity index (χ4n) is 1.38. The summed E-state index contributed by atoms with van der Waals surface area (Å²) in [5.41, 5.74) is 0. The number of rotatable bonds is 2. The lowest BCUT2D eigenvalue weighted by molar-refractivity contribution is -0.150. The van der Waals surface area contributed by atoms with Crippen LogP contribution in [-0.4, -0.2) is 12.1 Å². The van der Waals surface area contributed by atoms with E-state index in [9.17, 15) is 4.79 Å². The summed E-state index contributed by atoms with van der Waals surface area (Å²) in [7, 11) is 0. The van der Waals surface area contributed by atoms with Crippen molar-refractivity contribution in [2.75, 3.05) is 0 Å². The predicted molar refractivity (Wildman–Crippen MR) is 47.6 cm³/mol. The van der Waals surface area contributed by atoms with Crippen LogP contribution in [0.2, 0.25) is 0 Å². The first-order chi connectivity index (χ1) is 5.59. The summed E-state index contributed by atoms with van der Waals surface area (Å²) in [6, 6.07) is 0. The number of hydrogen-bond acceptors (Lipinski definition) is 2. The minimum absolute atomic E-state index is 0.00167. The van der Waals surface area contributed by atoms with Crippen LogP contribution in [0.3, 0.4) is 0 Å². The molecule has 12 heavy (non-hydrogen) atoms. The van der Waals surface area contributed by atoms with E-state index < -0.39 is 0 Å². The van der Waals surface area contributed by atoms with Gasteiger partial charge in [0.1, 0.15) is 0 Å². The fourth-order valence-corrected chi connectivity index (χ4v) is 1.38. The van der Waals surface area contributed by atoms with E-state index in [-0.39, 0.29) is 18.0 Å². The van der Waals surface area contributed by atoms with Crippen LogP contribution in [0.15, 0.2) is 12.2 Å². The molecule has 0 amide bonds. The van der Waals surface area contributed by atoms with E-state index in [0.717, 1.165) is 6.42 Å². The lowest BCUT2D eigenvalue weighted by atomic mass is 10.1. The third-order valence-electron chi connectivity index (χ3n) is 1.95. The van der Waals surface area contributed by atoms with Gasteiger partial charge in [0.05, 0.1) is 12.0 Å². The summed E-state index contributed by atoms with van der Waals surface area (Å²) in [5.74, 6) is 0.447. The molecule has 1 aliphatic rings. The molecule has 0 saturated heterocycles. The van der Waals surface area contributed by atoms with Crippen molar-refractivity contribution in [1.29, 1.82) is 0 Å². The maximum atomic E-state index is 11.3. The largest absolute Gasteiger partial charge is 0.463 e. The highest BCUT2D eigenvalue weighted by molar-refractivity contribution is 5.75. The molecule has 0 bridgehead atoms. The molecule has 0 saturated carbocycles. The molecule has 0 aromatic carbocycles. The van der Waals surface area contributed by atoms with Crippen molar-refractivity contribution in [3.8, 4) is 0 Å². The highest BCUT2D eigenvalue weighted by Gasteiger charge is 2.23. The summed E-state index contributed by atoms with van der Waals surface area (Å²) in [5, 5.41) is 0. The van der Waals surface area contributed by atoms with Crippen LogP contribution in [0.5, 0.6) is 0 Å². The first kappa shape index (κ1) is 9.30. The normalized spacial score (nSPS) is 28.0. The predicted octanol–water partition coefficient (Wildman–Crippen LogP) is 2.15. The Morgan fingerprint density at radius 3 is 2.58 bits per heavy atom. The maximum absolute atomic E-state index is 11.3. The van der Waals surface area contributed by atoms with Crippen LogP contribution in [-0.2, 0) is 9.53 Å². The van der Waals surface area contributed by atoms with Crippen LogP contribution in [0.4, 0.5) is 0 Å². The van der Waals surface area contributed by atoms with Gasteiger partial charge in [0.15, 0.2) is 0 Å². The molecule has 0 fully saturated rings. The lowest BCUT2D eigenvalue weighted by Crippen LogP contribution is -2.18. The summed E-state index contributed by atoms with van der Waals surface area (Å²) in [6.07, 6.45) is 4.94. The Labute approximate surface area is 73.6 Å². The maximum Gasteiger partial charge on any atom is 0.313 e. The number of carbonyl (C=O) groups excluding carboxylic acids is 1. The minimum atomic E-state index is -0.0781. The topological polar surface area (TPSA) is 26.3 Å². The van der Waals surface area contributed by atoms with Crippen molar-refractivity contribution in [2.45, 2.75) is 33.3 Å². The Bertz CT molecular complexity index is 194. The van der Waals surface area contributed by atoms with Crippen LogP contribution >= 0.6 is 0 Å². The molecule has 2 heteroatoms. The van der Waals surface area contributed by atoms with Crippen molar-refractivity contribution in [3.05, 3.63) is 12.2 Å². The van der Waals surface area contributed by atoms with Crippen LogP contribution in [0.25, 0.3) is 0 Å². The zero-order valence-electron chi connectivity index (χ0n) is 7.91. The van der Waals surface area contributed by atoms with Gasteiger partial charge in [-0.1, -0.05) is 19.1 Å². The first-order valence-electron chi connectivity index (χ1n) is 4.48. The van der Waals surface area contributed by atoms with Gasteiger partial charge in [-0.05, 0) is 26.2 Å². The Morgan fingerprint density at radius 1 is 1.50 bits per heavy atom. The number of carbonyl (C=O) groups is 1. The molecule has 1 rings (SSSR count). The van der Waals surface area contributed by atoms with Gasteiger partial charge in [0.25, 0.3) is 0 Å². The molecular formula is C10H16O2. The van der Waals surface area contributed by atoms with Crippen LogP contribution in [0, 0.1) is 11.8 Å². The van der Waals surface area contributed by atoms with E-state index in [2.05, 4.69) is 13.0 Å². The zero-order chi connectivity index (χ0) is 9.14. The summed E-state index contributed by atoms with van der Waals surface area (Å²) < 4.78 is 5.09. The third kappa shape index (κ3) is 2.36. The highest BCUT2D eigenvalue weighted by atomic mass is 16.5. The molecule has 68 valence electrons. The van der Waals surface area contributed by atoms with Crippen molar-refractivity contribution in [1.82, 2.24) is 0 Å². The van der Waals surface area contributed by atoms with Gasteiger partial charge in [0.2, 0.25) is 0 Å². The van der Waals surface area contributed by atoms with E-state index in [1.54, 1.807) is 0 Å². The van der Waals surface area contributed by atoms with Crippen molar-refractivity contribution in [2.24, 2.45) is 11.8 Å².